The number of rotatable bonds is 9. The lowest BCUT2D eigenvalue weighted by Gasteiger charge is -2.17. The minimum Gasteiger partial charge on any atom is -0.325 e. The Labute approximate surface area is 192 Å². The summed E-state index contributed by atoms with van der Waals surface area (Å²) in [5.74, 6) is 0.879. The Bertz CT molecular complexity index is 1190. The summed E-state index contributed by atoms with van der Waals surface area (Å²) in [5.41, 5.74) is 1.45. The summed E-state index contributed by atoms with van der Waals surface area (Å²) in [4.78, 5) is 12.5. The normalized spacial score (nSPS) is 14.0. The van der Waals surface area contributed by atoms with E-state index in [-0.39, 0.29) is 23.1 Å². The molecule has 0 bridgehead atoms. The van der Waals surface area contributed by atoms with Crippen LogP contribution in [-0.2, 0) is 21.4 Å². The van der Waals surface area contributed by atoms with Crippen molar-refractivity contribution in [1.29, 1.82) is 0 Å². The molecule has 8 nitrogen and oxygen atoms in total. The number of nitrogens with one attached hydrogen (secondary N) is 1. The van der Waals surface area contributed by atoms with Crippen LogP contribution in [0.1, 0.15) is 30.3 Å². The fraction of sp³-hybridized carbons (Fsp3) is 0.318. The fourth-order valence-corrected chi connectivity index (χ4v) is 5.35. The summed E-state index contributed by atoms with van der Waals surface area (Å²) in [5, 5.41) is 11.8. The average Bonchev–Trinajstić information content (AvgIpc) is 3.55. The molecular weight excluding hydrogens is 446 g/mol. The molecule has 1 fully saturated rings. The number of aryl methyl sites for hydroxylation is 1. The molecule has 0 atom stereocenters. The molecule has 4 rings (SSSR count). The summed E-state index contributed by atoms with van der Waals surface area (Å²) >= 11 is 1.35. The van der Waals surface area contributed by atoms with Gasteiger partial charge in [0, 0.05) is 25.3 Å². The zero-order valence-electron chi connectivity index (χ0n) is 17.9. The molecule has 10 heteroatoms. The summed E-state index contributed by atoms with van der Waals surface area (Å²) in [6, 6.07) is 16.1. The average molecular weight is 472 g/mol. The highest BCUT2D eigenvalue weighted by Gasteiger charge is 2.28. The molecule has 1 aromatic heterocycles. The minimum absolute atomic E-state index is 0.177. The maximum atomic E-state index is 12.8. The molecule has 32 heavy (non-hydrogen) atoms. The second-order valence-electron chi connectivity index (χ2n) is 7.74. The van der Waals surface area contributed by atoms with Crippen LogP contribution in [0.5, 0.6) is 0 Å². The number of benzene rings is 2. The molecule has 0 radical (unpaired) electrons. The Hall–Kier alpha value is -2.69. The van der Waals surface area contributed by atoms with E-state index in [1.165, 1.54) is 28.2 Å². The van der Waals surface area contributed by atoms with Gasteiger partial charge in [0.05, 0.1) is 10.6 Å². The van der Waals surface area contributed by atoms with Gasteiger partial charge in [-0.2, -0.15) is 4.31 Å². The second kappa shape index (κ2) is 9.43. The van der Waals surface area contributed by atoms with Crippen LogP contribution in [0.4, 0.5) is 5.69 Å². The lowest BCUT2D eigenvalue weighted by atomic mass is 10.2. The number of sulfonamides is 1. The van der Waals surface area contributed by atoms with Gasteiger partial charge in [0.15, 0.2) is 5.16 Å². The number of carbonyl (C=O) groups is 1. The molecule has 0 saturated heterocycles. The third-order valence-corrected chi connectivity index (χ3v) is 7.93. The number of hydrogen-bond acceptors (Lipinski definition) is 6. The van der Waals surface area contributed by atoms with Gasteiger partial charge in [-0.3, -0.25) is 4.79 Å². The van der Waals surface area contributed by atoms with Crippen molar-refractivity contribution in [2.24, 2.45) is 0 Å². The molecule has 168 valence electrons. The Morgan fingerprint density at radius 2 is 1.81 bits per heavy atom. The predicted octanol–water partition coefficient (Wildman–Crippen LogP) is 3.47. The van der Waals surface area contributed by atoms with Crippen molar-refractivity contribution in [2.75, 3.05) is 18.1 Å². The van der Waals surface area contributed by atoms with E-state index < -0.39 is 10.0 Å². The van der Waals surface area contributed by atoms with Gasteiger partial charge >= 0.3 is 0 Å². The monoisotopic (exact) mass is 471 g/mol. The number of thioether (sulfide) groups is 1. The highest BCUT2D eigenvalue weighted by atomic mass is 32.2. The molecule has 0 aliphatic heterocycles. The molecule has 2 aromatic carbocycles. The Balaban J connectivity index is 1.34. The maximum Gasteiger partial charge on any atom is 0.243 e. The first-order chi connectivity index (χ1) is 15.3. The maximum absolute atomic E-state index is 12.8. The van der Waals surface area contributed by atoms with Crippen molar-refractivity contribution in [3.05, 3.63) is 66.0 Å². The molecule has 1 aliphatic rings. The first-order valence-electron chi connectivity index (χ1n) is 10.3. The lowest BCUT2D eigenvalue weighted by Crippen LogP contribution is -2.26. The van der Waals surface area contributed by atoms with Crippen LogP contribution < -0.4 is 5.32 Å². The van der Waals surface area contributed by atoms with Crippen LogP contribution in [0.15, 0.2) is 64.6 Å². The molecule has 0 unspecified atom stereocenters. The van der Waals surface area contributed by atoms with E-state index in [4.69, 9.17) is 0 Å². The van der Waals surface area contributed by atoms with Crippen molar-refractivity contribution in [2.45, 2.75) is 42.4 Å². The standard InChI is InChI=1S/C22H25N5O3S2/c1-16-24-25-22(27(16)19-10-11-19)31-15-21(28)23-18-8-12-20(13-9-18)32(29,30)26(2)14-17-6-4-3-5-7-17/h3-9,12-13,19H,10-11,14-15H2,1-2H3,(H,23,28). The van der Waals surface area contributed by atoms with Crippen LogP contribution in [-0.4, -0.2) is 46.2 Å². The number of aromatic nitrogens is 3. The Morgan fingerprint density at radius 1 is 1.12 bits per heavy atom. The molecule has 3 aromatic rings. The summed E-state index contributed by atoms with van der Waals surface area (Å²) in [6.45, 7) is 2.20. The second-order valence-corrected chi connectivity index (χ2v) is 10.7. The van der Waals surface area contributed by atoms with Crippen molar-refractivity contribution < 1.29 is 13.2 Å². The third kappa shape index (κ3) is 5.20. The van der Waals surface area contributed by atoms with Gasteiger partial charge in [-0.15, -0.1) is 10.2 Å². The predicted molar refractivity (Wildman–Crippen MR) is 124 cm³/mol. The fourth-order valence-electron chi connectivity index (χ4n) is 3.34. The molecule has 1 N–H and O–H groups in total. The van der Waals surface area contributed by atoms with Gasteiger partial charge in [-0.05, 0) is 49.6 Å². The first-order valence-corrected chi connectivity index (χ1v) is 12.7. The van der Waals surface area contributed by atoms with E-state index in [1.807, 2.05) is 37.3 Å². The summed E-state index contributed by atoms with van der Waals surface area (Å²) < 4.78 is 29.1. The molecule has 1 aliphatic carbocycles. The van der Waals surface area contributed by atoms with Gasteiger partial charge in [-0.25, -0.2) is 8.42 Å². The van der Waals surface area contributed by atoms with Gasteiger partial charge in [0.25, 0.3) is 0 Å². The molecule has 0 spiro atoms. The highest BCUT2D eigenvalue weighted by Crippen LogP contribution is 2.38. The SMILES string of the molecule is Cc1nnc(SCC(=O)Nc2ccc(S(=O)(=O)N(C)Cc3ccccc3)cc2)n1C1CC1. The van der Waals surface area contributed by atoms with Gasteiger partial charge < -0.3 is 9.88 Å². The number of hydrogen-bond donors (Lipinski definition) is 1. The first kappa shape index (κ1) is 22.5. The van der Waals surface area contributed by atoms with E-state index >= 15 is 0 Å². The zero-order valence-corrected chi connectivity index (χ0v) is 19.6. The van der Waals surface area contributed by atoms with Gasteiger partial charge in [0.2, 0.25) is 15.9 Å². The van der Waals surface area contributed by atoms with Crippen LogP contribution in [0.2, 0.25) is 0 Å². The third-order valence-electron chi connectivity index (χ3n) is 5.17. The van der Waals surface area contributed by atoms with Gasteiger partial charge in [0.1, 0.15) is 5.82 Å². The smallest absolute Gasteiger partial charge is 0.243 e. The number of nitrogens with zero attached hydrogens (tertiary/aromatic N) is 4. The summed E-state index contributed by atoms with van der Waals surface area (Å²) in [7, 11) is -2.08. The zero-order chi connectivity index (χ0) is 22.7. The van der Waals surface area contributed by atoms with Crippen LogP contribution in [0, 0.1) is 6.92 Å². The van der Waals surface area contributed by atoms with E-state index in [0.29, 0.717) is 11.7 Å². The van der Waals surface area contributed by atoms with Crippen LogP contribution >= 0.6 is 11.8 Å². The highest BCUT2D eigenvalue weighted by molar-refractivity contribution is 7.99. The molecule has 1 heterocycles. The molecular formula is C22H25N5O3S2. The molecule has 1 saturated carbocycles. The Morgan fingerprint density at radius 3 is 2.47 bits per heavy atom. The quantitative estimate of drug-likeness (QED) is 0.480. The number of amides is 1. The van der Waals surface area contributed by atoms with Crippen LogP contribution in [0.25, 0.3) is 0 Å². The van der Waals surface area contributed by atoms with Gasteiger partial charge in [-0.1, -0.05) is 42.1 Å². The van der Waals surface area contributed by atoms with Crippen molar-refractivity contribution in [1.82, 2.24) is 19.1 Å². The van der Waals surface area contributed by atoms with Crippen molar-refractivity contribution in [3.63, 3.8) is 0 Å². The molecule has 1 amide bonds. The topological polar surface area (TPSA) is 97.2 Å². The largest absolute Gasteiger partial charge is 0.325 e. The number of anilines is 1. The van der Waals surface area contributed by atoms with E-state index in [2.05, 4.69) is 20.1 Å². The lowest BCUT2D eigenvalue weighted by molar-refractivity contribution is -0.113. The Kier molecular flexibility index (Phi) is 6.63. The minimum atomic E-state index is -3.63. The van der Waals surface area contributed by atoms with E-state index in [1.54, 1.807) is 19.2 Å². The summed E-state index contributed by atoms with van der Waals surface area (Å²) in [6.07, 6.45) is 2.24. The van der Waals surface area contributed by atoms with Crippen molar-refractivity contribution in [3.8, 4) is 0 Å². The van der Waals surface area contributed by atoms with E-state index in [0.717, 1.165) is 29.4 Å². The van der Waals surface area contributed by atoms with E-state index in [9.17, 15) is 13.2 Å². The number of carbonyl (C=O) groups excluding carboxylic acids is 1. The van der Waals surface area contributed by atoms with Crippen molar-refractivity contribution >= 4 is 33.4 Å². The van der Waals surface area contributed by atoms with Crippen LogP contribution in [0.3, 0.4) is 0 Å².